The normalized spacial score (nSPS) is 10.5. The van der Waals surface area contributed by atoms with Gasteiger partial charge in [-0.3, -0.25) is 4.79 Å². The van der Waals surface area contributed by atoms with E-state index >= 15 is 0 Å². The number of nitrogens with zero attached hydrogens (tertiary/aromatic N) is 3. The number of aromatic nitrogens is 3. The Balaban J connectivity index is 1.84. The van der Waals surface area contributed by atoms with Gasteiger partial charge in [0.1, 0.15) is 5.75 Å². The second-order valence-corrected chi connectivity index (χ2v) is 5.45. The number of pyridine rings is 1. The second-order valence-electron chi connectivity index (χ2n) is 5.05. The number of benzene rings is 1. The van der Waals surface area contributed by atoms with Crippen molar-refractivity contribution in [2.45, 2.75) is 6.92 Å². The highest BCUT2D eigenvalue weighted by molar-refractivity contribution is 6.32. The number of nitrogens with one attached hydrogen (secondary N) is 1. The third kappa shape index (κ3) is 3.09. The van der Waals surface area contributed by atoms with Crippen LogP contribution in [0.3, 0.4) is 0 Å². The minimum atomic E-state index is -0.268. The van der Waals surface area contributed by atoms with Gasteiger partial charge in [-0.15, -0.1) is 0 Å². The molecule has 0 radical (unpaired) electrons. The number of hydrogen-bond acceptors (Lipinski definition) is 4. The van der Waals surface area contributed by atoms with Gasteiger partial charge in [0, 0.05) is 11.9 Å². The van der Waals surface area contributed by atoms with E-state index in [-0.39, 0.29) is 5.91 Å². The van der Waals surface area contributed by atoms with Crippen molar-refractivity contribution in [3.63, 3.8) is 0 Å². The van der Waals surface area contributed by atoms with Crippen LogP contribution in [-0.2, 0) is 0 Å². The lowest BCUT2D eigenvalue weighted by atomic mass is 10.2. The van der Waals surface area contributed by atoms with Crippen LogP contribution in [0, 0.1) is 6.92 Å². The molecule has 0 bridgehead atoms. The van der Waals surface area contributed by atoms with Crippen molar-refractivity contribution in [1.82, 2.24) is 14.8 Å². The zero-order valence-electron chi connectivity index (χ0n) is 13.2. The van der Waals surface area contributed by atoms with Gasteiger partial charge in [0.2, 0.25) is 0 Å². The first-order valence-corrected chi connectivity index (χ1v) is 7.59. The van der Waals surface area contributed by atoms with E-state index in [0.29, 0.717) is 33.5 Å². The van der Waals surface area contributed by atoms with Gasteiger partial charge in [0.25, 0.3) is 5.91 Å². The van der Waals surface area contributed by atoms with Crippen LogP contribution in [0.4, 0.5) is 5.69 Å². The Kier molecular flexibility index (Phi) is 4.48. The molecule has 3 aromatic rings. The second kappa shape index (κ2) is 6.72. The van der Waals surface area contributed by atoms with E-state index in [1.807, 2.05) is 25.1 Å². The van der Waals surface area contributed by atoms with E-state index in [1.165, 1.54) is 13.3 Å². The largest absolute Gasteiger partial charge is 0.495 e. The third-order valence-corrected chi connectivity index (χ3v) is 3.83. The Morgan fingerprint density at radius 3 is 2.79 bits per heavy atom. The maximum Gasteiger partial charge on any atom is 0.259 e. The molecule has 0 unspecified atom stereocenters. The van der Waals surface area contributed by atoms with Crippen LogP contribution >= 0.6 is 11.6 Å². The molecule has 7 heteroatoms. The van der Waals surface area contributed by atoms with Crippen molar-refractivity contribution in [3.8, 4) is 11.6 Å². The molecule has 0 aliphatic rings. The van der Waals surface area contributed by atoms with Crippen molar-refractivity contribution < 1.29 is 9.53 Å². The first-order valence-electron chi connectivity index (χ1n) is 7.21. The van der Waals surface area contributed by atoms with Crippen LogP contribution in [0.15, 0.2) is 48.8 Å². The summed E-state index contributed by atoms with van der Waals surface area (Å²) in [4.78, 5) is 16.7. The molecule has 0 aliphatic heterocycles. The van der Waals surface area contributed by atoms with Gasteiger partial charge in [-0.1, -0.05) is 17.7 Å². The predicted molar refractivity (Wildman–Crippen MR) is 92.1 cm³/mol. The maximum absolute atomic E-state index is 12.5. The van der Waals surface area contributed by atoms with Crippen molar-refractivity contribution in [2.24, 2.45) is 0 Å². The highest BCUT2D eigenvalue weighted by atomic mass is 35.5. The summed E-state index contributed by atoms with van der Waals surface area (Å²) in [5.74, 6) is 0.936. The minimum Gasteiger partial charge on any atom is -0.495 e. The fraction of sp³-hybridized carbons (Fsp3) is 0.118. The Morgan fingerprint density at radius 1 is 1.29 bits per heavy atom. The number of rotatable bonds is 4. The molecule has 0 atom stereocenters. The highest BCUT2D eigenvalue weighted by Gasteiger charge is 2.16. The SMILES string of the molecule is COc1ccc(NC(=O)c2cnn(-c3ccccn3)c2C)cc1Cl. The number of halogens is 1. The van der Waals surface area contributed by atoms with E-state index in [9.17, 15) is 4.79 Å². The summed E-state index contributed by atoms with van der Waals surface area (Å²) in [6.07, 6.45) is 3.19. The molecule has 0 saturated carbocycles. The Hall–Kier alpha value is -2.86. The van der Waals surface area contributed by atoms with E-state index in [4.69, 9.17) is 16.3 Å². The number of anilines is 1. The van der Waals surface area contributed by atoms with E-state index in [2.05, 4.69) is 15.4 Å². The first kappa shape index (κ1) is 16.0. The number of carbonyl (C=O) groups is 1. The molecule has 2 aromatic heterocycles. The van der Waals surface area contributed by atoms with E-state index < -0.39 is 0 Å². The molecule has 0 aliphatic carbocycles. The quantitative estimate of drug-likeness (QED) is 0.788. The topological polar surface area (TPSA) is 69.0 Å². The summed E-state index contributed by atoms with van der Waals surface area (Å²) in [6.45, 7) is 1.82. The number of ether oxygens (including phenoxy) is 1. The van der Waals surface area contributed by atoms with Crippen LogP contribution in [0.1, 0.15) is 16.1 Å². The van der Waals surface area contributed by atoms with Gasteiger partial charge in [-0.05, 0) is 37.3 Å². The number of amides is 1. The summed E-state index contributed by atoms with van der Waals surface area (Å²) < 4.78 is 6.72. The highest BCUT2D eigenvalue weighted by Crippen LogP contribution is 2.27. The standard InChI is InChI=1S/C17H15ClN4O2/c1-11-13(10-20-22(11)16-5-3-4-8-19-16)17(23)21-12-6-7-15(24-2)14(18)9-12/h3-10H,1-2H3,(H,21,23). The molecular formula is C17H15ClN4O2. The fourth-order valence-electron chi connectivity index (χ4n) is 2.29. The summed E-state index contributed by atoms with van der Waals surface area (Å²) in [5.41, 5.74) is 1.74. The molecule has 122 valence electrons. The van der Waals surface area contributed by atoms with Crippen LogP contribution < -0.4 is 10.1 Å². The average molecular weight is 343 g/mol. The van der Waals surface area contributed by atoms with Crippen molar-refractivity contribution in [2.75, 3.05) is 12.4 Å². The van der Waals surface area contributed by atoms with Crippen LogP contribution in [0.25, 0.3) is 5.82 Å². The van der Waals surface area contributed by atoms with Crippen molar-refractivity contribution in [1.29, 1.82) is 0 Å². The molecule has 0 saturated heterocycles. The fourth-order valence-corrected chi connectivity index (χ4v) is 2.54. The molecule has 0 spiro atoms. The van der Waals surface area contributed by atoms with E-state index in [1.54, 1.807) is 29.1 Å². The molecule has 1 amide bonds. The Morgan fingerprint density at radius 2 is 2.12 bits per heavy atom. The molecule has 2 heterocycles. The lowest BCUT2D eigenvalue weighted by Gasteiger charge is -2.08. The number of hydrogen-bond donors (Lipinski definition) is 1. The molecule has 1 aromatic carbocycles. The molecule has 1 N–H and O–H groups in total. The lowest BCUT2D eigenvalue weighted by molar-refractivity contribution is 0.102. The van der Waals surface area contributed by atoms with Crippen molar-refractivity contribution >= 4 is 23.2 Å². The Labute approximate surface area is 144 Å². The van der Waals surface area contributed by atoms with Gasteiger partial charge in [0.15, 0.2) is 5.82 Å². The van der Waals surface area contributed by atoms with Gasteiger partial charge in [-0.25, -0.2) is 9.67 Å². The molecular weight excluding hydrogens is 328 g/mol. The lowest BCUT2D eigenvalue weighted by Crippen LogP contribution is -2.13. The molecule has 24 heavy (non-hydrogen) atoms. The predicted octanol–water partition coefficient (Wildman–Crippen LogP) is 3.49. The zero-order chi connectivity index (χ0) is 17.1. The van der Waals surface area contributed by atoms with Crippen LogP contribution in [-0.4, -0.2) is 27.8 Å². The van der Waals surface area contributed by atoms with Gasteiger partial charge < -0.3 is 10.1 Å². The minimum absolute atomic E-state index is 0.268. The van der Waals surface area contributed by atoms with Crippen LogP contribution in [0.5, 0.6) is 5.75 Å². The van der Waals surface area contributed by atoms with Gasteiger partial charge >= 0.3 is 0 Å². The van der Waals surface area contributed by atoms with Gasteiger partial charge in [0.05, 0.1) is 29.6 Å². The monoisotopic (exact) mass is 342 g/mol. The maximum atomic E-state index is 12.5. The Bertz CT molecular complexity index is 878. The average Bonchev–Trinajstić information content (AvgIpc) is 2.97. The van der Waals surface area contributed by atoms with Gasteiger partial charge in [-0.2, -0.15) is 5.10 Å². The summed E-state index contributed by atoms with van der Waals surface area (Å²) in [7, 11) is 1.54. The third-order valence-electron chi connectivity index (χ3n) is 3.53. The molecule has 0 fully saturated rings. The molecule has 6 nitrogen and oxygen atoms in total. The molecule has 3 rings (SSSR count). The zero-order valence-corrected chi connectivity index (χ0v) is 13.9. The number of carbonyl (C=O) groups excluding carboxylic acids is 1. The summed E-state index contributed by atoms with van der Waals surface area (Å²) >= 11 is 6.07. The number of methoxy groups -OCH3 is 1. The van der Waals surface area contributed by atoms with E-state index in [0.717, 1.165) is 0 Å². The van der Waals surface area contributed by atoms with Crippen molar-refractivity contribution in [3.05, 3.63) is 65.1 Å². The first-order chi connectivity index (χ1) is 11.6. The smallest absolute Gasteiger partial charge is 0.259 e. The summed E-state index contributed by atoms with van der Waals surface area (Å²) in [6, 6.07) is 10.6. The summed E-state index contributed by atoms with van der Waals surface area (Å²) in [5, 5.41) is 7.47. The van der Waals surface area contributed by atoms with Crippen LogP contribution in [0.2, 0.25) is 5.02 Å².